The maximum absolute atomic E-state index is 12.2. The Labute approximate surface area is 152 Å². The fraction of sp³-hybridized carbons (Fsp3) is 0.632. The van der Waals surface area contributed by atoms with Crippen LogP contribution < -0.4 is 10.6 Å². The van der Waals surface area contributed by atoms with E-state index in [9.17, 15) is 4.79 Å². The zero-order valence-corrected chi connectivity index (χ0v) is 15.8. The number of hydrogen-bond acceptors (Lipinski definition) is 3. The van der Waals surface area contributed by atoms with Crippen molar-refractivity contribution < 1.29 is 4.79 Å². The highest BCUT2D eigenvalue weighted by molar-refractivity contribution is 5.85. The number of carbonyl (C=O) groups is 1. The van der Waals surface area contributed by atoms with Gasteiger partial charge in [0, 0.05) is 39.1 Å². The van der Waals surface area contributed by atoms with Crippen molar-refractivity contribution in [3.05, 3.63) is 35.9 Å². The molecule has 1 unspecified atom stereocenters. The lowest BCUT2D eigenvalue weighted by atomic mass is 9.85. The Kier molecular flexibility index (Phi) is 9.99. The number of nitrogens with zero attached hydrogens (tertiary/aromatic N) is 1. The lowest BCUT2D eigenvalue weighted by Gasteiger charge is -2.27. The van der Waals surface area contributed by atoms with Crippen LogP contribution in [0.1, 0.15) is 38.2 Å². The minimum absolute atomic E-state index is 0. The summed E-state index contributed by atoms with van der Waals surface area (Å²) < 4.78 is 0. The summed E-state index contributed by atoms with van der Waals surface area (Å²) in [4.78, 5) is 14.7. The van der Waals surface area contributed by atoms with Crippen LogP contribution in [-0.4, -0.2) is 50.1 Å². The molecule has 1 fully saturated rings. The maximum atomic E-state index is 12.2. The fourth-order valence-electron chi connectivity index (χ4n) is 3.18. The lowest BCUT2D eigenvalue weighted by molar-refractivity contribution is -0.121. The van der Waals surface area contributed by atoms with Crippen molar-refractivity contribution in [2.24, 2.45) is 5.92 Å². The zero-order valence-electron chi connectivity index (χ0n) is 15.0. The van der Waals surface area contributed by atoms with Crippen LogP contribution in [-0.2, 0) is 4.79 Å². The smallest absolute Gasteiger partial charge is 0.220 e. The Morgan fingerprint density at radius 2 is 1.88 bits per heavy atom. The van der Waals surface area contributed by atoms with E-state index in [1.807, 2.05) is 6.07 Å². The molecule has 1 aromatic rings. The average molecular weight is 354 g/mol. The first kappa shape index (κ1) is 20.9. The van der Waals surface area contributed by atoms with E-state index in [2.05, 4.69) is 53.6 Å². The van der Waals surface area contributed by atoms with Crippen molar-refractivity contribution in [2.45, 2.75) is 32.6 Å². The van der Waals surface area contributed by atoms with Crippen LogP contribution in [0.2, 0.25) is 0 Å². The predicted octanol–water partition coefficient (Wildman–Crippen LogP) is 2.65. The molecule has 1 atom stereocenters. The van der Waals surface area contributed by atoms with Crippen molar-refractivity contribution >= 4 is 18.3 Å². The Balaban J connectivity index is 0.00000288. The molecule has 0 spiro atoms. The second kappa shape index (κ2) is 11.5. The molecule has 1 aliphatic heterocycles. The molecule has 0 bridgehead atoms. The second-order valence-corrected chi connectivity index (χ2v) is 6.76. The average Bonchev–Trinajstić information content (AvgIpc) is 2.58. The summed E-state index contributed by atoms with van der Waals surface area (Å²) in [6, 6.07) is 10.4. The molecule has 0 saturated carbocycles. The van der Waals surface area contributed by atoms with Gasteiger partial charge in [0.15, 0.2) is 0 Å². The summed E-state index contributed by atoms with van der Waals surface area (Å²) in [6.07, 6.45) is 1.61. The number of piperazine rings is 1. The van der Waals surface area contributed by atoms with Crippen molar-refractivity contribution in [3.63, 3.8) is 0 Å². The minimum atomic E-state index is 0. The highest BCUT2D eigenvalue weighted by Crippen LogP contribution is 2.27. The third kappa shape index (κ3) is 7.20. The first-order valence-corrected chi connectivity index (χ1v) is 8.91. The van der Waals surface area contributed by atoms with Gasteiger partial charge in [0.2, 0.25) is 5.91 Å². The van der Waals surface area contributed by atoms with Gasteiger partial charge in [0.25, 0.3) is 0 Å². The minimum Gasteiger partial charge on any atom is -0.356 e. The van der Waals surface area contributed by atoms with E-state index in [1.54, 1.807) is 0 Å². The van der Waals surface area contributed by atoms with Gasteiger partial charge in [-0.05, 0) is 30.4 Å². The molecule has 2 N–H and O–H groups in total. The SMILES string of the molecule is CC(C)C(CC(=O)NCCCN1CCNCC1)c1ccccc1.Cl. The second-order valence-electron chi connectivity index (χ2n) is 6.76. The third-order valence-electron chi connectivity index (χ3n) is 4.62. The Morgan fingerprint density at radius 3 is 2.50 bits per heavy atom. The number of halogens is 1. The van der Waals surface area contributed by atoms with E-state index in [-0.39, 0.29) is 18.3 Å². The van der Waals surface area contributed by atoms with Gasteiger partial charge < -0.3 is 15.5 Å². The molecule has 24 heavy (non-hydrogen) atoms. The van der Waals surface area contributed by atoms with E-state index in [1.165, 1.54) is 5.56 Å². The molecule has 0 aromatic heterocycles. The Hall–Kier alpha value is -1.10. The van der Waals surface area contributed by atoms with Crippen LogP contribution in [0, 0.1) is 5.92 Å². The molecule has 4 nitrogen and oxygen atoms in total. The molecule has 1 amide bonds. The summed E-state index contributed by atoms with van der Waals surface area (Å²) in [6.45, 7) is 10.6. The maximum Gasteiger partial charge on any atom is 0.220 e. The van der Waals surface area contributed by atoms with Crippen LogP contribution in [0.4, 0.5) is 0 Å². The van der Waals surface area contributed by atoms with Crippen LogP contribution in [0.5, 0.6) is 0 Å². The number of nitrogens with one attached hydrogen (secondary N) is 2. The number of rotatable bonds is 8. The highest BCUT2D eigenvalue weighted by Gasteiger charge is 2.19. The van der Waals surface area contributed by atoms with Crippen LogP contribution >= 0.6 is 12.4 Å². The largest absolute Gasteiger partial charge is 0.356 e. The normalized spacial score (nSPS) is 16.5. The number of carbonyl (C=O) groups excluding carboxylic acids is 1. The first-order chi connectivity index (χ1) is 11.2. The molecule has 1 aliphatic rings. The molecule has 1 saturated heterocycles. The molecular formula is C19H32ClN3O. The van der Waals surface area contributed by atoms with Gasteiger partial charge >= 0.3 is 0 Å². The van der Waals surface area contributed by atoms with Gasteiger partial charge in [-0.15, -0.1) is 12.4 Å². The third-order valence-corrected chi connectivity index (χ3v) is 4.62. The van der Waals surface area contributed by atoms with E-state index in [0.29, 0.717) is 18.3 Å². The van der Waals surface area contributed by atoms with Crippen molar-refractivity contribution in [2.75, 3.05) is 39.3 Å². The standard InChI is InChI=1S/C19H31N3O.ClH/c1-16(2)18(17-7-4-3-5-8-17)15-19(23)21-9-6-12-22-13-10-20-11-14-22;/h3-5,7-8,16,18,20H,6,9-15H2,1-2H3,(H,21,23);1H. The van der Waals surface area contributed by atoms with Gasteiger partial charge in [0.1, 0.15) is 0 Å². The summed E-state index contributed by atoms with van der Waals surface area (Å²) in [7, 11) is 0. The number of amides is 1. The van der Waals surface area contributed by atoms with Crippen molar-refractivity contribution in [1.29, 1.82) is 0 Å². The summed E-state index contributed by atoms with van der Waals surface area (Å²) in [5, 5.41) is 6.46. The fourth-order valence-corrected chi connectivity index (χ4v) is 3.18. The number of hydrogen-bond donors (Lipinski definition) is 2. The number of benzene rings is 1. The van der Waals surface area contributed by atoms with Gasteiger partial charge in [-0.25, -0.2) is 0 Å². The van der Waals surface area contributed by atoms with Crippen molar-refractivity contribution in [1.82, 2.24) is 15.5 Å². The quantitative estimate of drug-likeness (QED) is 0.706. The van der Waals surface area contributed by atoms with Crippen LogP contribution in [0.3, 0.4) is 0 Å². The van der Waals surface area contributed by atoms with Gasteiger partial charge in [-0.1, -0.05) is 44.2 Å². The van der Waals surface area contributed by atoms with Crippen molar-refractivity contribution in [3.8, 4) is 0 Å². The van der Waals surface area contributed by atoms with E-state index < -0.39 is 0 Å². The molecular weight excluding hydrogens is 322 g/mol. The molecule has 2 rings (SSSR count). The van der Waals surface area contributed by atoms with Gasteiger partial charge in [-0.2, -0.15) is 0 Å². The van der Waals surface area contributed by atoms with Gasteiger partial charge in [-0.3, -0.25) is 4.79 Å². The molecule has 0 aliphatic carbocycles. The molecule has 1 heterocycles. The monoisotopic (exact) mass is 353 g/mol. The van der Waals surface area contributed by atoms with Crippen LogP contribution in [0.25, 0.3) is 0 Å². The Bertz CT molecular complexity index is 461. The summed E-state index contributed by atoms with van der Waals surface area (Å²) in [5.41, 5.74) is 1.26. The highest BCUT2D eigenvalue weighted by atomic mass is 35.5. The van der Waals surface area contributed by atoms with E-state index in [0.717, 1.165) is 45.7 Å². The molecule has 1 aromatic carbocycles. The van der Waals surface area contributed by atoms with Gasteiger partial charge in [0.05, 0.1) is 0 Å². The summed E-state index contributed by atoms with van der Waals surface area (Å²) >= 11 is 0. The van der Waals surface area contributed by atoms with E-state index in [4.69, 9.17) is 0 Å². The first-order valence-electron chi connectivity index (χ1n) is 8.91. The lowest BCUT2D eigenvalue weighted by Crippen LogP contribution is -2.44. The van der Waals surface area contributed by atoms with E-state index >= 15 is 0 Å². The molecule has 136 valence electrons. The Morgan fingerprint density at radius 1 is 1.21 bits per heavy atom. The zero-order chi connectivity index (χ0) is 16.5. The predicted molar refractivity (Wildman–Crippen MR) is 103 cm³/mol. The topological polar surface area (TPSA) is 44.4 Å². The molecule has 5 heteroatoms. The molecule has 0 radical (unpaired) electrons. The summed E-state index contributed by atoms with van der Waals surface area (Å²) in [5.74, 6) is 0.932. The van der Waals surface area contributed by atoms with Crippen LogP contribution in [0.15, 0.2) is 30.3 Å².